The molecular formula is C19H24ClN3O3S2. The molecule has 6 nitrogen and oxygen atoms in total. The number of carbonyl (C=O) groups is 1. The number of aliphatic imine (C=N–C) groups is 1. The van der Waals surface area contributed by atoms with Crippen LogP contribution in [0.15, 0.2) is 23.2 Å². The number of hydrogen-bond acceptors (Lipinski definition) is 6. The molecule has 0 radical (unpaired) electrons. The van der Waals surface area contributed by atoms with Crippen molar-refractivity contribution in [3.8, 4) is 0 Å². The minimum absolute atomic E-state index is 0.0343. The molecule has 0 spiro atoms. The van der Waals surface area contributed by atoms with Gasteiger partial charge in [-0.2, -0.15) is 0 Å². The molecule has 1 aromatic rings. The highest BCUT2D eigenvalue weighted by molar-refractivity contribution is 8.15. The van der Waals surface area contributed by atoms with Gasteiger partial charge in [-0.25, -0.2) is 8.42 Å². The Morgan fingerprint density at radius 3 is 2.61 bits per heavy atom. The van der Waals surface area contributed by atoms with Crippen LogP contribution in [0, 0.1) is 0 Å². The Morgan fingerprint density at radius 2 is 1.89 bits per heavy atom. The molecule has 1 aromatic carbocycles. The fourth-order valence-corrected chi connectivity index (χ4v) is 7.82. The second kappa shape index (κ2) is 8.24. The van der Waals surface area contributed by atoms with Gasteiger partial charge in [0, 0.05) is 16.9 Å². The number of anilines is 1. The lowest BCUT2D eigenvalue weighted by Crippen LogP contribution is -2.34. The molecule has 1 amide bonds. The summed E-state index contributed by atoms with van der Waals surface area (Å²) >= 11 is 7.74. The first-order valence-electron chi connectivity index (χ1n) is 9.72. The van der Waals surface area contributed by atoms with Gasteiger partial charge in [0.25, 0.3) is 5.91 Å². The van der Waals surface area contributed by atoms with E-state index < -0.39 is 9.84 Å². The van der Waals surface area contributed by atoms with E-state index in [0.29, 0.717) is 21.4 Å². The van der Waals surface area contributed by atoms with E-state index >= 15 is 0 Å². The number of hydrogen-bond donors (Lipinski definition) is 2. The number of amidine groups is 1. The van der Waals surface area contributed by atoms with Crippen molar-refractivity contribution in [2.45, 2.75) is 55.9 Å². The quantitative estimate of drug-likeness (QED) is 0.701. The van der Waals surface area contributed by atoms with Crippen LogP contribution in [-0.2, 0) is 9.84 Å². The molecule has 1 aliphatic carbocycles. The largest absolute Gasteiger partial charge is 0.349 e. The topological polar surface area (TPSA) is 87.6 Å². The average molecular weight is 442 g/mol. The summed E-state index contributed by atoms with van der Waals surface area (Å²) in [6.07, 6.45) is 6.86. The first kappa shape index (κ1) is 20.0. The maximum atomic E-state index is 12.7. The van der Waals surface area contributed by atoms with Crippen LogP contribution in [0.1, 0.15) is 48.9 Å². The van der Waals surface area contributed by atoms with Crippen LogP contribution >= 0.6 is 23.4 Å². The zero-order valence-electron chi connectivity index (χ0n) is 15.5. The molecular weight excluding hydrogens is 418 g/mol. The molecule has 0 unspecified atom stereocenters. The smallest absolute Gasteiger partial charge is 0.251 e. The van der Waals surface area contributed by atoms with E-state index in [4.69, 9.17) is 11.6 Å². The minimum atomic E-state index is -2.98. The maximum absolute atomic E-state index is 12.7. The van der Waals surface area contributed by atoms with Gasteiger partial charge < -0.3 is 10.6 Å². The van der Waals surface area contributed by atoms with E-state index in [2.05, 4.69) is 15.6 Å². The molecule has 28 heavy (non-hydrogen) atoms. The molecule has 3 aliphatic rings. The molecule has 1 saturated carbocycles. The molecule has 2 atom stereocenters. The number of sulfone groups is 1. The summed E-state index contributed by atoms with van der Waals surface area (Å²) in [6, 6.07) is 5.21. The number of nitrogens with one attached hydrogen (secondary N) is 2. The summed E-state index contributed by atoms with van der Waals surface area (Å²) in [4.78, 5) is 17.2. The summed E-state index contributed by atoms with van der Waals surface area (Å²) in [6.45, 7) is 0. The van der Waals surface area contributed by atoms with E-state index in [9.17, 15) is 13.2 Å². The van der Waals surface area contributed by atoms with Gasteiger partial charge in [0.1, 0.15) is 0 Å². The van der Waals surface area contributed by atoms with Crippen molar-refractivity contribution < 1.29 is 13.2 Å². The number of rotatable bonds is 3. The lowest BCUT2D eigenvalue weighted by molar-refractivity contribution is 0.0933. The Kier molecular flexibility index (Phi) is 5.90. The molecule has 0 bridgehead atoms. The predicted octanol–water partition coefficient (Wildman–Crippen LogP) is 3.47. The Hall–Kier alpha value is -1.25. The van der Waals surface area contributed by atoms with Crippen molar-refractivity contribution >= 4 is 50.0 Å². The molecule has 9 heteroatoms. The van der Waals surface area contributed by atoms with Crippen LogP contribution in [0.4, 0.5) is 5.69 Å². The van der Waals surface area contributed by atoms with Gasteiger partial charge >= 0.3 is 0 Å². The summed E-state index contributed by atoms with van der Waals surface area (Å²) in [7, 11) is -2.98. The van der Waals surface area contributed by atoms with E-state index in [1.54, 1.807) is 18.2 Å². The lowest BCUT2D eigenvalue weighted by Gasteiger charge is -2.17. The molecule has 4 rings (SSSR count). The van der Waals surface area contributed by atoms with E-state index in [-0.39, 0.29) is 34.7 Å². The number of benzene rings is 1. The fourth-order valence-electron chi connectivity index (χ4n) is 3.99. The second-order valence-corrected chi connectivity index (χ2v) is 11.5. The molecule has 2 heterocycles. The van der Waals surface area contributed by atoms with Crippen LogP contribution in [0.2, 0.25) is 5.02 Å². The van der Waals surface area contributed by atoms with Gasteiger partial charge in [0.15, 0.2) is 15.0 Å². The highest BCUT2D eigenvalue weighted by Gasteiger charge is 2.42. The average Bonchev–Trinajstić information content (AvgIpc) is 2.98. The van der Waals surface area contributed by atoms with Crippen molar-refractivity contribution in [1.82, 2.24) is 5.32 Å². The lowest BCUT2D eigenvalue weighted by atomic mass is 10.1. The van der Waals surface area contributed by atoms with Crippen LogP contribution in [-0.4, -0.2) is 48.3 Å². The van der Waals surface area contributed by atoms with Crippen LogP contribution < -0.4 is 10.6 Å². The Morgan fingerprint density at radius 1 is 1.14 bits per heavy atom. The normalized spacial score (nSPS) is 27.0. The highest BCUT2D eigenvalue weighted by Crippen LogP contribution is 2.35. The van der Waals surface area contributed by atoms with E-state index in [1.165, 1.54) is 24.6 Å². The van der Waals surface area contributed by atoms with Crippen molar-refractivity contribution in [2.24, 2.45) is 4.99 Å². The van der Waals surface area contributed by atoms with Gasteiger partial charge in [-0.3, -0.25) is 9.79 Å². The molecule has 2 fully saturated rings. The van der Waals surface area contributed by atoms with Crippen molar-refractivity contribution in [2.75, 3.05) is 16.8 Å². The van der Waals surface area contributed by atoms with Crippen LogP contribution in [0.5, 0.6) is 0 Å². The zero-order chi connectivity index (χ0) is 19.7. The van der Waals surface area contributed by atoms with E-state index in [1.807, 2.05) is 0 Å². The van der Waals surface area contributed by atoms with E-state index in [0.717, 1.165) is 25.7 Å². The third kappa shape index (κ3) is 4.66. The minimum Gasteiger partial charge on any atom is -0.349 e. The first-order chi connectivity index (χ1) is 13.4. The second-order valence-electron chi connectivity index (χ2n) is 7.72. The summed E-state index contributed by atoms with van der Waals surface area (Å²) in [5.41, 5.74) is 1.17. The van der Waals surface area contributed by atoms with Gasteiger partial charge in [-0.05, 0) is 31.0 Å². The molecule has 2 aliphatic heterocycles. The zero-order valence-corrected chi connectivity index (χ0v) is 17.9. The summed E-state index contributed by atoms with van der Waals surface area (Å²) < 4.78 is 23.4. The number of fused-ring (bicyclic) bond motifs is 1. The van der Waals surface area contributed by atoms with Crippen LogP contribution in [0.3, 0.4) is 0 Å². The SMILES string of the molecule is O=C(NC1CCCCCC1)c1ccc(Cl)c(NC2=N[C@@H]3CS(=O)(=O)C[C@@H]3S2)c1. The van der Waals surface area contributed by atoms with Gasteiger partial charge in [0.2, 0.25) is 0 Å². The number of thioether (sulfide) groups is 1. The van der Waals surface area contributed by atoms with Crippen molar-refractivity contribution in [3.05, 3.63) is 28.8 Å². The Balaban J connectivity index is 1.43. The molecule has 1 saturated heterocycles. The number of nitrogens with zero attached hydrogens (tertiary/aromatic N) is 1. The van der Waals surface area contributed by atoms with Crippen LogP contribution in [0.25, 0.3) is 0 Å². The summed E-state index contributed by atoms with van der Waals surface area (Å²) in [5, 5.41) is 7.45. The third-order valence-corrected chi connectivity index (χ3v) is 8.95. The van der Waals surface area contributed by atoms with Gasteiger partial charge in [-0.15, -0.1) is 0 Å². The standard InChI is InChI=1S/C19H24ClN3O3S2/c20-14-8-7-12(18(24)21-13-5-3-1-2-4-6-13)9-15(14)22-19-23-16-10-28(25,26)11-17(16)27-19/h7-9,13,16-17H,1-6,10-11H2,(H,21,24)(H,22,23)/t16-,17+/m1/s1. The van der Waals surface area contributed by atoms with Gasteiger partial charge in [0.05, 0.1) is 28.3 Å². The Labute approximate surface area is 174 Å². The highest BCUT2D eigenvalue weighted by atomic mass is 35.5. The monoisotopic (exact) mass is 441 g/mol. The molecule has 2 N–H and O–H groups in total. The predicted molar refractivity (Wildman–Crippen MR) is 115 cm³/mol. The summed E-state index contributed by atoms with van der Waals surface area (Å²) in [5.74, 6) is 0.178. The molecule has 152 valence electrons. The number of amides is 1. The number of carbonyl (C=O) groups excluding carboxylic acids is 1. The maximum Gasteiger partial charge on any atom is 0.251 e. The number of halogens is 1. The first-order valence-corrected chi connectivity index (χ1v) is 12.8. The molecule has 0 aromatic heterocycles. The fraction of sp³-hybridized carbons (Fsp3) is 0.579. The van der Waals surface area contributed by atoms with Crippen molar-refractivity contribution in [3.63, 3.8) is 0 Å². The Bertz CT molecular complexity index is 896. The van der Waals surface area contributed by atoms with Crippen molar-refractivity contribution in [1.29, 1.82) is 0 Å². The van der Waals surface area contributed by atoms with Gasteiger partial charge in [-0.1, -0.05) is 49.0 Å². The third-order valence-electron chi connectivity index (χ3n) is 5.48.